The molecule has 0 saturated carbocycles. The van der Waals surface area contributed by atoms with Crippen LogP contribution in [0.1, 0.15) is 25.6 Å². The van der Waals surface area contributed by atoms with Crippen molar-refractivity contribution in [2.45, 2.75) is 19.8 Å². The predicted molar refractivity (Wildman–Crippen MR) is 53.7 cm³/mol. The van der Waals surface area contributed by atoms with E-state index in [0.29, 0.717) is 11.5 Å². The molecule has 2 aromatic rings. The number of fused-ring (bicyclic) bond motifs is 1. The molecule has 0 unspecified atom stereocenters. The summed E-state index contributed by atoms with van der Waals surface area (Å²) in [5, 5.41) is 14.9. The standard InChI is InChI=1S/C9H10N4O2/c1-6(2)8-10-9-7(13(14)15)4-3-5-12(9)11-8/h3-6H,1-2H3. The second-order valence-corrected chi connectivity index (χ2v) is 3.54. The van der Waals surface area contributed by atoms with E-state index in [4.69, 9.17) is 0 Å². The van der Waals surface area contributed by atoms with Crippen LogP contribution in [0.5, 0.6) is 0 Å². The minimum Gasteiger partial charge on any atom is -0.258 e. The van der Waals surface area contributed by atoms with E-state index in [1.807, 2.05) is 13.8 Å². The second-order valence-electron chi connectivity index (χ2n) is 3.54. The maximum atomic E-state index is 10.7. The fraction of sp³-hybridized carbons (Fsp3) is 0.333. The van der Waals surface area contributed by atoms with Gasteiger partial charge in [0.25, 0.3) is 0 Å². The summed E-state index contributed by atoms with van der Waals surface area (Å²) >= 11 is 0. The maximum absolute atomic E-state index is 10.7. The highest BCUT2D eigenvalue weighted by Crippen LogP contribution is 2.19. The van der Waals surface area contributed by atoms with Crippen LogP contribution < -0.4 is 0 Å². The lowest BCUT2D eigenvalue weighted by Crippen LogP contribution is -1.93. The molecule has 0 saturated heterocycles. The van der Waals surface area contributed by atoms with Crippen molar-refractivity contribution in [3.8, 4) is 0 Å². The Morgan fingerprint density at radius 1 is 1.53 bits per heavy atom. The number of pyridine rings is 1. The summed E-state index contributed by atoms with van der Waals surface area (Å²) in [5.41, 5.74) is 0.281. The van der Waals surface area contributed by atoms with Crippen molar-refractivity contribution in [2.75, 3.05) is 0 Å². The van der Waals surface area contributed by atoms with Crippen LogP contribution in [0.25, 0.3) is 5.65 Å². The number of hydrogen-bond acceptors (Lipinski definition) is 4. The molecule has 0 aliphatic heterocycles. The van der Waals surface area contributed by atoms with E-state index in [-0.39, 0.29) is 11.6 Å². The number of rotatable bonds is 2. The number of nitrogens with zero attached hydrogens (tertiary/aromatic N) is 4. The first-order valence-electron chi connectivity index (χ1n) is 4.59. The van der Waals surface area contributed by atoms with Gasteiger partial charge >= 0.3 is 5.69 Å². The van der Waals surface area contributed by atoms with Gasteiger partial charge in [-0.2, -0.15) is 5.10 Å². The van der Waals surface area contributed by atoms with Gasteiger partial charge in [0, 0.05) is 18.2 Å². The summed E-state index contributed by atoms with van der Waals surface area (Å²) in [5.74, 6) is 0.772. The van der Waals surface area contributed by atoms with E-state index in [0.717, 1.165) is 0 Å². The van der Waals surface area contributed by atoms with Crippen LogP contribution in [0.2, 0.25) is 0 Å². The Morgan fingerprint density at radius 3 is 2.87 bits per heavy atom. The third-order valence-corrected chi connectivity index (χ3v) is 2.07. The third-order valence-electron chi connectivity index (χ3n) is 2.07. The average Bonchev–Trinajstić information content (AvgIpc) is 2.60. The highest BCUT2D eigenvalue weighted by Gasteiger charge is 2.16. The molecule has 2 aromatic heterocycles. The van der Waals surface area contributed by atoms with E-state index >= 15 is 0 Å². The van der Waals surface area contributed by atoms with Crippen LogP contribution in [0.15, 0.2) is 18.3 Å². The Bertz CT molecular complexity index is 518. The zero-order chi connectivity index (χ0) is 11.0. The third kappa shape index (κ3) is 1.54. The van der Waals surface area contributed by atoms with Crippen molar-refractivity contribution < 1.29 is 4.92 Å². The first kappa shape index (κ1) is 9.57. The van der Waals surface area contributed by atoms with Crippen molar-refractivity contribution in [2.24, 2.45) is 0 Å². The molecule has 0 aliphatic carbocycles. The van der Waals surface area contributed by atoms with E-state index in [9.17, 15) is 10.1 Å². The molecule has 2 rings (SSSR count). The van der Waals surface area contributed by atoms with Gasteiger partial charge in [-0.1, -0.05) is 13.8 Å². The second kappa shape index (κ2) is 3.30. The fourth-order valence-electron chi connectivity index (χ4n) is 1.30. The van der Waals surface area contributed by atoms with Crippen molar-refractivity contribution in [3.05, 3.63) is 34.3 Å². The van der Waals surface area contributed by atoms with Gasteiger partial charge in [0.1, 0.15) is 0 Å². The van der Waals surface area contributed by atoms with Gasteiger partial charge in [-0.3, -0.25) is 10.1 Å². The van der Waals surface area contributed by atoms with Gasteiger partial charge in [0.05, 0.1) is 4.92 Å². The van der Waals surface area contributed by atoms with Crippen molar-refractivity contribution in [1.82, 2.24) is 14.6 Å². The lowest BCUT2D eigenvalue weighted by Gasteiger charge is -1.92. The Kier molecular flexibility index (Phi) is 2.11. The van der Waals surface area contributed by atoms with E-state index in [1.54, 1.807) is 12.3 Å². The van der Waals surface area contributed by atoms with Crippen molar-refractivity contribution >= 4 is 11.3 Å². The molecule has 0 N–H and O–H groups in total. The zero-order valence-corrected chi connectivity index (χ0v) is 8.41. The SMILES string of the molecule is CC(C)c1nc2c([N+](=O)[O-])cccn2n1. The summed E-state index contributed by atoms with van der Waals surface area (Å²) in [7, 11) is 0. The van der Waals surface area contributed by atoms with Gasteiger partial charge in [-0.15, -0.1) is 0 Å². The van der Waals surface area contributed by atoms with Crippen LogP contribution in [0.3, 0.4) is 0 Å². The lowest BCUT2D eigenvalue weighted by atomic mass is 10.2. The van der Waals surface area contributed by atoms with Crippen LogP contribution in [-0.4, -0.2) is 19.5 Å². The largest absolute Gasteiger partial charge is 0.313 e. The van der Waals surface area contributed by atoms with Crippen LogP contribution in [-0.2, 0) is 0 Å². The molecule has 6 nitrogen and oxygen atoms in total. The van der Waals surface area contributed by atoms with Crippen LogP contribution in [0, 0.1) is 10.1 Å². The Morgan fingerprint density at radius 2 is 2.27 bits per heavy atom. The van der Waals surface area contributed by atoms with Crippen molar-refractivity contribution in [1.29, 1.82) is 0 Å². The molecule has 0 aromatic carbocycles. The van der Waals surface area contributed by atoms with Gasteiger partial charge in [0.15, 0.2) is 5.82 Å². The molecule has 15 heavy (non-hydrogen) atoms. The number of nitro groups is 1. The highest BCUT2D eigenvalue weighted by atomic mass is 16.6. The molecule has 2 heterocycles. The summed E-state index contributed by atoms with van der Waals surface area (Å²) in [6.07, 6.45) is 1.65. The maximum Gasteiger partial charge on any atom is 0.313 e. The smallest absolute Gasteiger partial charge is 0.258 e. The highest BCUT2D eigenvalue weighted by molar-refractivity contribution is 5.58. The van der Waals surface area contributed by atoms with Crippen LogP contribution in [0.4, 0.5) is 5.69 Å². The summed E-state index contributed by atoms with van der Waals surface area (Å²) in [4.78, 5) is 14.4. The quantitative estimate of drug-likeness (QED) is 0.554. The number of hydrogen-bond donors (Lipinski definition) is 0. The molecule has 0 amide bonds. The van der Waals surface area contributed by atoms with E-state index in [2.05, 4.69) is 10.1 Å². The molecule has 0 aliphatic rings. The van der Waals surface area contributed by atoms with Gasteiger partial charge < -0.3 is 0 Å². The summed E-state index contributed by atoms with van der Waals surface area (Å²) in [6.45, 7) is 3.89. The normalized spacial score (nSPS) is 11.1. The Labute approximate surface area is 85.7 Å². The predicted octanol–water partition coefficient (Wildman–Crippen LogP) is 1.76. The lowest BCUT2D eigenvalue weighted by molar-refractivity contribution is -0.383. The van der Waals surface area contributed by atoms with Crippen LogP contribution >= 0.6 is 0 Å². The molecule has 0 atom stereocenters. The van der Waals surface area contributed by atoms with E-state index in [1.165, 1.54) is 10.6 Å². The summed E-state index contributed by atoms with van der Waals surface area (Å²) < 4.78 is 1.44. The summed E-state index contributed by atoms with van der Waals surface area (Å²) in [6, 6.07) is 3.01. The number of aromatic nitrogens is 3. The average molecular weight is 206 g/mol. The van der Waals surface area contributed by atoms with E-state index < -0.39 is 4.92 Å². The molecule has 0 spiro atoms. The first-order valence-corrected chi connectivity index (χ1v) is 4.59. The fourth-order valence-corrected chi connectivity index (χ4v) is 1.30. The molecular weight excluding hydrogens is 196 g/mol. The van der Waals surface area contributed by atoms with Crippen molar-refractivity contribution in [3.63, 3.8) is 0 Å². The molecule has 6 heteroatoms. The Balaban J connectivity index is 2.70. The minimum absolute atomic E-state index is 0.0168. The Hall–Kier alpha value is -1.98. The van der Waals surface area contributed by atoms with Gasteiger partial charge in [0.2, 0.25) is 5.65 Å². The molecule has 0 radical (unpaired) electrons. The first-order chi connectivity index (χ1) is 7.09. The molecule has 78 valence electrons. The molecular formula is C9H10N4O2. The van der Waals surface area contributed by atoms with Gasteiger partial charge in [-0.05, 0) is 6.07 Å². The monoisotopic (exact) mass is 206 g/mol. The molecule has 0 bridgehead atoms. The zero-order valence-electron chi connectivity index (χ0n) is 8.41. The van der Waals surface area contributed by atoms with Gasteiger partial charge in [-0.25, -0.2) is 9.50 Å². The minimum atomic E-state index is -0.450. The molecule has 0 fully saturated rings. The topological polar surface area (TPSA) is 73.3 Å².